The van der Waals surface area contributed by atoms with Crippen molar-refractivity contribution >= 4 is 74.7 Å². The first kappa shape index (κ1) is 90.5. The molecule has 0 aromatic carbocycles. The molecule has 3 saturated heterocycles. The smallest absolute Gasteiger partial charge is 0.0286 e. The molecule has 23 heteroatoms. The van der Waals surface area contributed by atoms with E-state index < -0.39 is 69.8 Å². The van der Waals surface area contributed by atoms with Crippen LogP contribution < -0.4 is 0 Å². The van der Waals surface area contributed by atoms with Crippen LogP contribution in [0.1, 0.15) is 270 Å². The van der Waals surface area contributed by atoms with E-state index in [4.69, 9.17) is 42.5 Å². The summed E-state index contributed by atoms with van der Waals surface area (Å²) >= 11 is -0.875. The fourth-order valence-electron chi connectivity index (χ4n) is 8.67. The van der Waals surface area contributed by atoms with E-state index in [0.29, 0.717) is 25.9 Å². The maximum Gasteiger partial charge on any atom is 0.0286 e. The molecule has 3 N–H and O–H groups in total. The number of ether oxygens (including phenoxy) is 4. The van der Waals surface area contributed by atoms with Crippen molar-refractivity contribution in [3.05, 3.63) is 0 Å². The molecule has 83 heavy (non-hydrogen) atoms. The summed E-state index contributed by atoms with van der Waals surface area (Å²) in [6.45, 7) is 19.1. The van der Waals surface area contributed by atoms with Crippen LogP contribution >= 0.6 is 17.4 Å². The Hall–Kier alpha value is -1.22. The van der Waals surface area contributed by atoms with E-state index in [9.17, 15) is 28.8 Å². The standard InChI is InChI=1S/C24H50O4.C15H25NO6.C9H17NO2.C6H8O4.C4H9.2CH4.H4OP2.Sn.V/c1-3-5-7-9-11-13-15-17-19-21-23-26-28-24(27-25)22-20-18-16-14-12-10-8-6-4-2;1-4-12(16-8-5-6-13(16)18)7-9-21-15(20)11(3)22-14(19)10(2)17;1-2-8(5-7-11)10-6-3-4-9(10)12;1-3-5(7)10-4(2)6(8)9-3;1-3-4-2;;;1-3-2;;/h24-25H,3-23H2,1-2H3;10-12,17H,4-9H2,1-3H3;8,11H,2-7H2,1H3;3-4H,1-2H3;1,3-4H2,2H3;2*1H4;1,3H,2H2;;/q;;;;;;;;+1;/p-1. The summed E-state index contributed by atoms with van der Waals surface area (Å²) in [6, 6.07) is 0.336. The number of aliphatic hydroxyl groups excluding tert-OH is 2. The average Bonchev–Trinajstić information content (AvgIpc) is 4.09. The Balaban J connectivity index is -0.000000346. The van der Waals surface area contributed by atoms with Crippen molar-refractivity contribution in [3.63, 3.8) is 0 Å². The molecule has 0 aromatic heterocycles. The van der Waals surface area contributed by atoms with E-state index in [0.717, 1.165) is 64.5 Å². The molecule has 19 nitrogen and oxygen atoms in total. The fraction of sp³-hybridized carbons (Fsp3) is 0.900. The van der Waals surface area contributed by atoms with Crippen molar-refractivity contribution in [2.45, 2.75) is 317 Å². The molecule has 9 atom stereocenters. The van der Waals surface area contributed by atoms with Crippen molar-refractivity contribution in [3.8, 4) is 0 Å². The second-order valence-electron chi connectivity index (χ2n) is 20.6. The predicted molar refractivity (Wildman–Crippen MR) is 332 cm³/mol. The second kappa shape index (κ2) is 63.8. The van der Waals surface area contributed by atoms with E-state index in [1.165, 1.54) is 154 Å². The van der Waals surface area contributed by atoms with Crippen molar-refractivity contribution in [2.75, 3.05) is 32.9 Å². The first-order chi connectivity index (χ1) is 38.5. The molecular formula is C60H120N2O17P2SnV. The van der Waals surface area contributed by atoms with Gasteiger partial charge in [-0.1, -0.05) is 83.6 Å². The summed E-state index contributed by atoms with van der Waals surface area (Å²) in [7, 11) is 2.16. The number of nitrogens with zero attached hydrogens (tertiary/aromatic N) is 2. The van der Waals surface area contributed by atoms with E-state index in [1.807, 2.05) is 16.7 Å². The fourth-order valence-corrected chi connectivity index (χ4v) is 10.8. The van der Waals surface area contributed by atoms with Crippen molar-refractivity contribution in [1.82, 2.24) is 9.80 Å². The van der Waals surface area contributed by atoms with Gasteiger partial charge in [0.1, 0.15) is 6.10 Å². The van der Waals surface area contributed by atoms with Gasteiger partial charge in [-0.2, -0.15) is 0 Å². The SMILES string of the molecule is C.C.CC1OC(=O)C(C)OC1=O.CCC(CCO)N1CCCC1=O.CCC(CCOC(=O)C(C)OC(=O)C(C)O)N1CCCC1=O.CCCCCCCCCCCCOOC(CCCCCCCCCCC)O[O][Sn][CH2]CCC.OPP.[V]. The number of cyclic esters (lactones) is 2. The third kappa shape index (κ3) is 50.4. The molecule has 0 aliphatic carbocycles. The molecule has 0 saturated carbocycles. The van der Waals surface area contributed by atoms with Gasteiger partial charge in [-0.25, -0.2) is 19.2 Å². The summed E-state index contributed by atoms with van der Waals surface area (Å²) in [4.78, 5) is 95.1. The summed E-state index contributed by atoms with van der Waals surface area (Å²) in [5.41, 5.74) is 0. The molecule has 3 aliphatic heterocycles. The minimum Gasteiger partial charge on any atom is -0.373 e. The quantitative estimate of drug-likeness (QED) is 0.00753. The molecule has 3 heterocycles. The average molecular weight is 1370 g/mol. The van der Waals surface area contributed by atoms with Crippen LogP contribution in [0.3, 0.4) is 0 Å². The molecule has 3 aliphatic rings. The van der Waals surface area contributed by atoms with Gasteiger partial charge >= 0.3 is 197 Å². The van der Waals surface area contributed by atoms with Crippen LogP contribution in [-0.4, -0.2) is 158 Å². The third-order valence-corrected chi connectivity index (χ3v) is 15.8. The first-order valence-corrected chi connectivity index (χ1v) is 36.6. The molecule has 3 rings (SSSR count). The van der Waals surface area contributed by atoms with Gasteiger partial charge in [0.15, 0.2) is 18.3 Å². The Bertz CT molecular complexity index is 1530. The number of hydrogen-bond acceptors (Lipinski definition) is 17. The molecule has 0 aromatic rings. The summed E-state index contributed by atoms with van der Waals surface area (Å²) in [6.07, 6.45) is 30.5. The largest absolute Gasteiger partial charge is 0.373 e. The number of esters is 4. The molecular weight excluding hydrogens is 1250 g/mol. The summed E-state index contributed by atoms with van der Waals surface area (Å²) in [5.74, 6) is -2.07. The van der Waals surface area contributed by atoms with E-state index in [-0.39, 0.29) is 85.3 Å². The van der Waals surface area contributed by atoms with Gasteiger partial charge in [0, 0.05) is 78.1 Å². The Labute approximate surface area is 530 Å². The molecule has 3 fully saturated rings. The topological polar surface area (TPSA) is 243 Å². The van der Waals surface area contributed by atoms with Gasteiger partial charge in [-0.15, -0.1) is 0 Å². The number of rotatable bonds is 41. The number of hydrogen-bond donors (Lipinski definition) is 3. The Kier molecular flexibility index (Phi) is 69.6. The first-order valence-electron chi connectivity index (χ1n) is 30.6. The van der Waals surface area contributed by atoms with Crippen LogP contribution in [0.5, 0.6) is 0 Å². The number of unbranched alkanes of at least 4 members (excludes halogenated alkanes) is 18. The number of likely N-dealkylation sites (tertiary alicyclic amines) is 2. The predicted octanol–water partition coefficient (Wildman–Crippen LogP) is 12.8. The normalized spacial score (nSPS) is 17.2. The van der Waals surface area contributed by atoms with Crippen molar-refractivity contribution in [2.24, 2.45) is 0 Å². The van der Waals surface area contributed by atoms with E-state index in [1.54, 1.807) is 0 Å². The number of carbonyl (C=O) groups is 6. The Morgan fingerprint density at radius 1 is 0.639 bits per heavy atom. The Morgan fingerprint density at radius 2 is 1.06 bits per heavy atom. The molecule has 3 radical (unpaired) electrons. The second-order valence-corrected chi connectivity index (χ2v) is 24.4. The maximum atomic E-state index is 11.7. The van der Waals surface area contributed by atoms with Crippen LogP contribution in [0.25, 0.3) is 0 Å². The van der Waals surface area contributed by atoms with Crippen molar-refractivity contribution < 1.29 is 99.3 Å². The zero-order valence-corrected chi connectivity index (χ0v) is 57.9. The van der Waals surface area contributed by atoms with Crippen molar-refractivity contribution in [1.29, 1.82) is 0 Å². The third-order valence-electron chi connectivity index (χ3n) is 13.6. The molecule has 0 spiro atoms. The Morgan fingerprint density at radius 3 is 1.46 bits per heavy atom. The van der Waals surface area contributed by atoms with E-state index in [2.05, 4.69) is 46.1 Å². The van der Waals surface area contributed by atoms with Gasteiger partial charge in [-0.3, -0.25) is 9.59 Å². The minimum absolute atomic E-state index is 0. The maximum absolute atomic E-state index is 11.7. The molecule has 0 bridgehead atoms. The van der Waals surface area contributed by atoms with Gasteiger partial charge in [0.05, 0.1) is 6.61 Å². The number of amides is 2. The van der Waals surface area contributed by atoms with Crippen LogP contribution in [0, 0.1) is 0 Å². The monoisotopic (exact) mass is 1370 g/mol. The minimum atomic E-state index is -1.28. The van der Waals surface area contributed by atoms with Gasteiger partial charge in [-0.05, 0) is 59.8 Å². The number of aliphatic hydroxyl groups is 2. The van der Waals surface area contributed by atoms with Gasteiger partial charge < -0.3 is 43.9 Å². The summed E-state index contributed by atoms with van der Waals surface area (Å²) in [5, 5.41) is 17.8. The molecule has 2 amide bonds. The zero-order chi connectivity index (χ0) is 60.2. The van der Waals surface area contributed by atoms with Crippen LogP contribution in [-0.2, 0) is 84.2 Å². The zero-order valence-electron chi connectivity index (χ0n) is 51.5. The van der Waals surface area contributed by atoms with Crippen LogP contribution in [0.2, 0.25) is 4.44 Å². The summed E-state index contributed by atoms with van der Waals surface area (Å²) < 4.78 is 25.8. The van der Waals surface area contributed by atoms with Crippen LogP contribution in [0.15, 0.2) is 0 Å². The van der Waals surface area contributed by atoms with Gasteiger partial charge in [0.25, 0.3) is 0 Å². The van der Waals surface area contributed by atoms with Gasteiger partial charge in [0.2, 0.25) is 11.8 Å². The molecule has 491 valence electrons. The number of carbonyl (C=O) groups excluding carboxylic acids is 6. The molecule has 9 unspecified atom stereocenters. The van der Waals surface area contributed by atoms with E-state index >= 15 is 0 Å². The van der Waals surface area contributed by atoms with Crippen LogP contribution in [0.4, 0.5) is 0 Å².